The molecule has 0 radical (unpaired) electrons. The van der Waals surface area contributed by atoms with Crippen LogP contribution in [0.1, 0.15) is 75.5 Å². The predicted molar refractivity (Wildman–Crippen MR) is 137 cm³/mol. The Bertz CT molecular complexity index is 844. The van der Waals surface area contributed by atoms with E-state index < -0.39 is 0 Å². The van der Waals surface area contributed by atoms with E-state index >= 15 is 0 Å². The Morgan fingerprint density at radius 2 is 1.94 bits per heavy atom. The van der Waals surface area contributed by atoms with Gasteiger partial charge in [-0.05, 0) is 79.6 Å². The Hall–Kier alpha value is -1.69. The third-order valence-electron chi connectivity index (χ3n) is 8.63. The van der Waals surface area contributed by atoms with Gasteiger partial charge in [0.1, 0.15) is 0 Å². The van der Waals surface area contributed by atoms with Gasteiger partial charge in [0.2, 0.25) is 0 Å². The molecule has 2 saturated carbocycles. The minimum Gasteiger partial charge on any atom is -0.388 e. The molecule has 5 heteroatoms. The van der Waals surface area contributed by atoms with Gasteiger partial charge < -0.3 is 16.0 Å². The second-order valence-electron chi connectivity index (χ2n) is 11.4. The summed E-state index contributed by atoms with van der Waals surface area (Å²) in [6.07, 6.45) is 11.7. The van der Waals surface area contributed by atoms with Gasteiger partial charge in [-0.25, -0.2) is 0 Å². The fourth-order valence-electron chi connectivity index (χ4n) is 6.46. The van der Waals surface area contributed by atoms with Crippen molar-refractivity contribution in [2.24, 2.45) is 5.41 Å². The first-order valence-electron chi connectivity index (χ1n) is 13.3. The summed E-state index contributed by atoms with van der Waals surface area (Å²) in [4.78, 5) is 5.45. The largest absolute Gasteiger partial charge is 0.388 e. The normalized spacial score (nSPS) is 27.0. The zero-order chi connectivity index (χ0) is 22.8. The van der Waals surface area contributed by atoms with Crippen LogP contribution in [0.2, 0.25) is 0 Å². The first-order chi connectivity index (χ1) is 16.1. The van der Waals surface area contributed by atoms with Gasteiger partial charge in [-0.2, -0.15) is 0 Å². The zero-order valence-corrected chi connectivity index (χ0v) is 20.7. The maximum Gasteiger partial charge on any atom is 0.0481 e. The molecule has 0 bridgehead atoms. The molecule has 5 rings (SSSR count). The van der Waals surface area contributed by atoms with E-state index in [4.69, 9.17) is 5.41 Å². The van der Waals surface area contributed by atoms with Crippen molar-refractivity contribution in [2.75, 3.05) is 39.3 Å². The van der Waals surface area contributed by atoms with Crippen molar-refractivity contribution in [2.45, 2.75) is 76.4 Å². The predicted octanol–water partition coefficient (Wildman–Crippen LogP) is 4.29. The van der Waals surface area contributed by atoms with Crippen LogP contribution < -0.4 is 10.6 Å². The van der Waals surface area contributed by atoms with Gasteiger partial charge in [-0.15, -0.1) is 0 Å². The molecule has 2 aliphatic heterocycles. The number of piperidine rings is 1. The van der Waals surface area contributed by atoms with Crippen LogP contribution in [0.25, 0.3) is 0 Å². The summed E-state index contributed by atoms with van der Waals surface area (Å²) >= 11 is 0. The number of nitrogens with one attached hydrogen (secondary N) is 3. The molecule has 33 heavy (non-hydrogen) atoms. The maximum atomic E-state index is 7.93. The van der Waals surface area contributed by atoms with Crippen LogP contribution in [0, 0.1) is 10.8 Å². The molecule has 5 nitrogen and oxygen atoms in total. The van der Waals surface area contributed by atoms with Crippen molar-refractivity contribution in [3.8, 4) is 0 Å². The molecule has 4 fully saturated rings. The average molecular weight is 450 g/mol. The zero-order valence-electron chi connectivity index (χ0n) is 20.7. The number of nitrogens with zero attached hydrogens (tertiary/aromatic N) is 2. The van der Waals surface area contributed by atoms with Gasteiger partial charge in [-0.3, -0.25) is 9.80 Å². The SMILES string of the molecule is CC(C)c1ccccc1C1CN(C/C(C=N)=C/NC2CC2)CCN1C1CC2(CCNCC2)C1. The maximum absolute atomic E-state index is 7.93. The summed E-state index contributed by atoms with van der Waals surface area (Å²) in [5.41, 5.74) is 4.74. The van der Waals surface area contributed by atoms with Gasteiger partial charge in [0.15, 0.2) is 0 Å². The Balaban J connectivity index is 1.33. The lowest BCUT2D eigenvalue weighted by Crippen LogP contribution is -2.59. The highest BCUT2D eigenvalue weighted by atomic mass is 15.3. The summed E-state index contributed by atoms with van der Waals surface area (Å²) < 4.78 is 0. The first-order valence-corrected chi connectivity index (χ1v) is 13.3. The smallest absolute Gasteiger partial charge is 0.0481 e. The minimum absolute atomic E-state index is 0.449. The summed E-state index contributed by atoms with van der Waals surface area (Å²) in [7, 11) is 0. The van der Waals surface area contributed by atoms with Crippen LogP contribution in [0.5, 0.6) is 0 Å². The molecule has 1 atom stereocenters. The Morgan fingerprint density at radius 1 is 1.18 bits per heavy atom. The van der Waals surface area contributed by atoms with E-state index in [1.807, 2.05) is 0 Å². The molecule has 1 spiro atoms. The van der Waals surface area contributed by atoms with Crippen LogP contribution in [0.3, 0.4) is 0 Å². The first kappa shape index (κ1) is 23.1. The number of piperazine rings is 1. The highest BCUT2D eigenvalue weighted by Gasteiger charge is 2.49. The van der Waals surface area contributed by atoms with Gasteiger partial charge in [0, 0.05) is 56.7 Å². The van der Waals surface area contributed by atoms with Crippen molar-refractivity contribution in [3.05, 3.63) is 47.2 Å². The number of hydrogen-bond donors (Lipinski definition) is 3. The van der Waals surface area contributed by atoms with Gasteiger partial charge in [0.25, 0.3) is 0 Å². The fraction of sp³-hybridized carbons (Fsp3) is 0.679. The van der Waals surface area contributed by atoms with Crippen molar-refractivity contribution in [3.63, 3.8) is 0 Å². The van der Waals surface area contributed by atoms with Crippen molar-refractivity contribution >= 4 is 6.21 Å². The quantitative estimate of drug-likeness (QED) is 0.519. The van der Waals surface area contributed by atoms with E-state index in [0.29, 0.717) is 23.4 Å². The Morgan fingerprint density at radius 3 is 2.64 bits per heavy atom. The van der Waals surface area contributed by atoms with Crippen molar-refractivity contribution in [1.82, 2.24) is 20.4 Å². The lowest BCUT2D eigenvalue weighted by Gasteiger charge is -2.57. The third kappa shape index (κ3) is 5.21. The van der Waals surface area contributed by atoms with Crippen molar-refractivity contribution in [1.29, 1.82) is 5.41 Å². The van der Waals surface area contributed by atoms with E-state index in [2.05, 4.69) is 64.7 Å². The minimum atomic E-state index is 0.449. The second kappa shape index (κ2) is 9.89. The second-order valence-corrected chi connectivity index (χ2v) is 11.4. The Labute approximate surface area is 200 Å². The van der Waals surface area contributed by atoms with Crippen LogP contribution in [0.15, 0.2) is 36.0 Å². The lowest BCUT2D eigenvalue weighted by molar-refractivity contribution is -0.0627. The van der Waals surface area contributed by atoms with E-state index in [-0.39, 0.29) is 0 Å². The molecule has 1 aromatic rings. The Kier molecular flexibility index (Phi) is 6.91. The van der Waals surface area contributed by atoms with Crippen LogP contribution >= 0.6 is 0 Å². The molecular formula is C28H43N5. The van der Waals surface area contributed by atoms with E-state index in [1.54, 1.807) is 6.21 Å². The highest BCUT2D eigenvalue weighted by Crippen LogP contribution is 2.52. The molecule has 2 aliphatic carbocycles. The molecule has 1 unspecified atom stereocenters. The van der Waals surface area contributed by atoms with Crippen LogP contribution in [0.4, 0.5) is 0 Å². The molecule has 2 heterocycles. The summed E-state index contributed by atoms with van der Waals surface area (Å²) in [5, 5.41) is 15.0. The van der Waals surface area contributed by atoms with Crippen LogP contribution in [-0.2, 0) is 0 Å². The molecule has 0 aromatic heterocycles. The molecule has 4 aliphatic rings. The number of rotatable bonds is 8. The molecule has 1 aromatic carbocycles. The summed E-state index contributed by atoms with van der Waals surface area (Å²) in [5.74, 6) is 0.537. The number of hydrogen-bond acceptors (Lipinski definition) is 5. The molecule has 0 amide bonds. The van der Waals surface area contributed by atoms with Gasteiger partial charge in [0.05, 0.1) is 0 Å². The van der Waals surface area contributed by atoms with Gasteiger partial charge in [-0.1, -0.05) is 38.1 Å². The standard InChI is InChI=1S/C28H43N5/c1-21(2)25-5-3-4-6-26(25)27-20-32(19-22(17-29)18-31-23-7-8-23)13-14-33(27)24-15-28(16-24)9-11-30-12-10-28/h3-6,17-18,21,23-24,27,29-31H,7-16,19-20H2,1-2H3/b22-18+,29-17?. The number of benzene rings is 1. The highest BCUT2D eigenvalue weighted by molar-refractivity contribution is 5.76. The summed E-state index contributed by atoms with van der Waals surface area (Å²) in [6.45, 7) is 11.2. The van der Waals surface area contributed by atoms with Gasteiger partial charge >= 0.3 is 0 Å². The van der Waals surface area contributed by atoms with Crippen LogP contribution in [-0.4, -0.2) is 67.4 Å². The topological polar surface area (TPSA) is 54.4 Å². The summed E-state index contributed by atoms with van der Waals surface area (Å²) in [6, 6.07) is 11.0. The lowest BCUT2D eigenvalue weighted by atomic mass is 9.60. The third-order valence-corrected chi connectivity index (χ3v) is 8.63. The van der Waals surface area contributed by atoms with E-state index in [1.165, 1.54) is 62.7 Å². The van der Waals surface area contributed by atoms with Crippen molar-refractivity contribution < 1.29 is 0 Å². The van der Waals surface area contributed by atoms with E-state index in [9.17, 15) is 0 Å². The molecule has 2 saturated heterocycles. The average Bonchev–Trinajstić information content (AvgIpc) is 3.65. The van der Waals surface area contributed by atoms with E-state index in [0.717, 1.165) is 37.8 Å². The molecule has 180 valence electrons. The molecule has 3 N–H and O–H groups in total. The monoisotopic (exact) mass is 449 g/mol. The fourth-order valence-corrected chi connectivity index (χ4v) is 6.46. The molecular weight excluding hydrogens is 406 g/mol.